The first-order valence-electron chi connectivity index (χ1n) is 5.90. The minimum absolute atomic E-state index is 0.461. The van der Waals surface area contributed by atoms with Crippen LogP contribution >= 0.6 is 11.3 Å². The maximum absolute atomic E-state index is 3.35. The Hall–Kier alpha value is -0.860. The minimum Gasteiger partial charge on any atom is -0.319 e. The molecule has 1 aromatic heterocycles. The van der Waals surface area contributed by atoms with E-state index in [0.29, 0.717) is 5.41 Å². The van der Waals surface area contributed by atoms with E-state index in [1.807, 2.05) is 11.3 Å². The van der Waals surface area contributed by atoms with E-state index in [1.165, 1.54) is 28.5 Å². The summed E-state index contributed by atoms with van der Waals surface area (Å²) in [4.78, 5) is 1.61. The van der Waals surface area contributed by atoms with Gasteiger partial charge in [0.15, 0.2) is 0 Å². The van der Waals surface area contributed by atoms with Crippen LogP contribution in [-0.2, 0) is 5.41 Å². The van der Waals surface area contributed by atoms with Crippen LogP contribution in [0.4, 0.5) is 0 Å². The average Bonchev–Trinajstić information content (AvgIpc) is 2.99. The lowest BCUT2D eigenvalue weighted by molar-refractivity contribution is 0.632. The summed E-state index contributed by atoms with van der Waals surface area (Å²) < 4.78 is 1.44. The number of rotatable bonds is 3. The second kappa shape index (κ2) is 3.57. The molecule has 1 heterocycles. The van der Waals surface area contributed by atoms with E-state index in [0.717, 1.165) is 6.54 Å². The molecule has 0 bridgehead atoms. The molecule has 16 heavy (non-hydrogen) atoms. The van der Waals surface area contributed by atoms with Crippen molar-refractivity contribution < 1.29 is 0 Å². The molecule has 2 aromatic rings. The smallest absolute Gasteiger partial charge is 0.0348 e. The number of hydrogen-bond donors (Lipinski definition) is 1. The molecule has 1 nitrogen and oxygen atoms in total. The van der Waals surface area contributed by atoms with Crippen molar-refractivity contribution in [2.75, 3.05) is 13.6 Å². The first-order valence-corrected chi connectivity index (χ1v) is 6.72. The number of fused-ring (bicyclic) bond motifs is 1. The Morgan fingerprint density at radius 3 is 2.69 bits per heavy atom. The van der Waals surface area contributed by atoms with Gasteiger partial charge in [0.2, 0.25) is 0 Å². The van der Waals surface area contributed by atoms with Gasteiger partial charge in [-0.1, -0.05) is 18.2 Å². The first kappa shape index (κ1) is 10.3. The molecule has 0 amide bonds. The second-order valence-corrected chi connectivity index (χ2v) is 5.92. The van der Waals surface area contributed by atoms with Crippen LogP contribution in [0.25, 0.3) is 10.1 Å². The summed E-state index contributed by atoms with van der Waals surface area (Å²) in [6.07, 6.45) is 2.70. The van der Waals surface area contributed by atoms with Crippen molar-refractivity contribution in [2.45, 2.75) is 25.2 Å². The van der Waals surface area contributed by atoms with Crippen molar-refractivity contribution in [3.8, 4) is 0 Å². The molecule has 0 unspecified atom stereocenters. The fourth-order valence-electron chi connectivity index (χ4n) is 2.65. The molecule has 84 valence electrons. The van der Waals surface area contributed by atoms with Crippen LogP contribution in [0.1, 0.15) is 23.3 Å². The van der Waals surface area contributed by atoms with Crippen molar-refractivity contribution in [2.24, 2.45) is 0 Å². The topological polar surface area (TPSA) is 12.0 Å². The maximum Gasteiger partial charge on any atom is 0.0348 e. The second-order valence-electron chi connectivity index (χ2n) is 4.86. The quantitative estimate of drug-likeness (QED) is 0.853. The number of likely N-dealkylation sites (N-methyl/N-ethyl adjacent to an activating group) is 1. The Morgan fingerprint density at radius 1 is 1.31 bits per heavy atom. The molecule has 0 spiro atoms. The number of aryl methyl sites for hydroxylation is 1. The number of benzene rings is 1. The van der Waals surface area contributed by atoms with E-state index >= 15 is 0 Å². The predicted octanol–water partition coefficient (Wildman–Crippen LogP) is 3.46. The maximum atomic E-state index is 3.35. The third kappa shape index (κ3) is 1.40. The monoisotopic (exact) mass is 231 g/mol. The Morgan fingerprint density at radius 2 is 2.06 bits per heavy atom. The van der Waals surface area contributed by atoms with Crippen LogP contribution in [0, 0.1) is 6.92 Å². The number of nitrogens with one attached hydrogen (secondary N) is 1. The van der Waals surface area contributed by atoms with Gasteiger partial charge in [0.1, 0.15) is 0 Å². The van der Waals surface area contributed by atoms with Crippen molar-refractivity contribution in [3.63, 3.8) is 0 Å². The first-order chi connectivity index (χ1) is 7.77. The molecule has 1 saturated carbocycles. The highest BCUT2D eigenvalue weighted by molar-refractivity contribution is 7.19. The van der Waals surface area contributed by atoms with Gasteiger partial charge in [0, 0.05) is 21.5 Å². The molecule has 3 rings (SSSR count). The van der Waals surface area contributed by atoms with Crippen LogP contribution in [-0.4, -0.2) is 13.6 Å². The Bertz CT molecular complexity index is 523. The van der Waals surface area contributed by atoms with Crippen LogP contribution < -0.4 is 5.32 Å². The largest absolute Gasteiger partial charge is 0.319 e. The van der Waals surface area contributed by atoms with E-state index < -0.39 is 0 Å². The molecule has 1 aromatic carbocycles. The summed E-state index contributed by atoms with van der Waals surface area (Å²) in [5.41, 5.74) is 1.97. The highest BCUT2D eigenvalue weighted by Crippen LogP contribution is 2.52. The van der Waals surface area contributed by atoms with Crippen molar-refractivity contribution >= 4 is 21.4 Å². The van der Waals surface area contributed by atoms with Gasteiger partial charge in [-0.3, -0.25) is 0 Å². The third-order valence-corrected chi connectivity index (χ3v) is 5.21. The number of thiophene rings is 1. The highest BCUT2D eigenvalue weighted by atomic mass is 32.1. The Labute approximate surface area is 100 Å². The molecule has 1 aliphatic carbocycles. The summed E-state index contributed by atoms with van der Waals surface area (Å²) in [7, 11) is 2.06. The van der Waals surface area contributed by atoms with Crippen LogP contribution in [0.3, 0.4) is 0 Å². The van der Waals surface area contributed by atoms with Crippen molar-refractivity contribution in [1.82, 2.24) is 5.32 Å². The zero-order valence-electron chi connectivity index (χ0n) is 9.84. The summed E-state index contributed by atoms with van der Waals surface area (Å²) in [5, 5.41) is 4.80. The van der Waals surface area contributed by atoms with Gasteiger partial charge >= 0.3 is 0 Å². The van der Waals surface area contributed by atoms with Gasteiger partial charge < -0.3 is 5.32 Å². The molecular formula is C14H17NS. The third-order valence-electron chi connectivity index (χ3n) is 3.69. The number of hydrogen-bond acceptors (Lipinski definition) is 2. The van der Waals surface area contributed by atoms with Gasteiger partial charge in [0.05, 0.1) is 0 Å². The summed E-state index contributed by atoms with van der Waals surface area (Å²) >= 11 is 1.99. The zero-order valence-corrected chi connectivity index (χ0v) is 10.7. The van der Waals surface area contributed by atoms with Crippen molar-refractivity contribution in [1.29, 1.82) is 0 Å². The fourth-order valence-corrected chi connectivity index (χ4v) is 4.11. The molecule has 1 N–H and O–H groups in total. The molecule has 0 radical (unpaired) electrons. The van der Waals surface area contributed by atoms with Gasteiger partial charge in [-0.15, -0.1) is 11.3 Å². The molecule has 1 aliphatic rings. The van der Waals surface area contributed by atoms with Crippen LogP contribution in [0.5, 0.6) is 0 Å². The molecule has 2 heteroatoms. The Kier molecular flexibility index (Phi) is 2.30. The predicted molar refractivity (Wildman–Crippen MR) is 71.4 cm³/mol. The summed E-state index contributed by atoms with van der Waals surface area (Å²) in [5.74, 6) is 0. The molecule has 0 saturated heterocycles. The molecule has 1 fully saturated rings. The Balaban J connectivity index is 2.14. The van der Waals surface area contributed by atoms with Crippen LogP contribution in [0.2, 0.25) is 0 Å². The minimum atomic E-state index is 0.461. The van der Waals surface area contributed by atoms with Crippen molar-refractivity contribution in [3.05, 3.63) is 34.7 Å². The summed E-state index contributed by atoms with van der Waals surface area (Å²) in [6, 6.07) is 8.77. The fraction of sp³-hybridized carbons (Fsp3) is 0.429. The molecular weight excluding hydrogens is 214 g/mol. The van der Waals surface area contributed by atoms with E-state index in [4.69, 9.17) is 0 Å². The van der Waals surface area contributed by atoms with Crippen LogP contribution in [0.15, 0.2) is 24.3 Å². The van der Waals surface area contributed by atoms with Gasteiger partial charge in [0.25, 0.3) is 0 Å². The van der Waals surface area contributed by atoms with E-state index in [1.54, 1.807) is 4.88 Å². The normalized spacial score (nSPS) is 17.9. The van der Waals surface area contributed by atoms with Gasteiger partial charge in [-0.2, -0.15) is 0 Å². The van der Waals surface area contributed by atoms with E-state index in [2.05, 4.69) is 43.6 Å². The van der Waals surface area contributed by atoms with E-state index in [-0.39, 0.29) is 0 Å². The lowest BCUT2D eigenvalue weighted by atomic mass is 10.00. The zero-order chi connectivity index (χ0) is 11.2. The lowest BCUT2D eigenvalue weighted by Crippen LogP contribution is -2.23. The average molecular weight is 231 g/mol. The summed E-state index contributed by atoms with van der Waals surface area (Å²) in [6.45, 7) is 3.41. The lowest BCUT2D eigenvalue weighted by Gasteiger charge is -2.13. The molecule has 0 atom stereocenters. The van der Waals surface area contributed by atoms with Gasteiger partial charge in [-0.05, 0) is 43.8 Å². The molecule has 0 aliphatic heterocycles. The van der Waals surface area contributed by atoms with E-state index in [9.17, 15) is 0 Å². The van der Waals surface area contributed by atoms with Gasteiger partial charge in [-0.25, -0.2) is 0 Å². The standard InChI is InChI=1S/C14H17NS/c1-10-11-5-3-4-6-12(11)16-13(10)14(7-8-14)9-15-2/h3-6,15H,7-9H2,1-2H3. The SMILES string of the molecule is CNCC1(c2sc3ccccc3c2C)CC1. The highest BCUT2D eigenvalue weighted by Gasteiger charge is 2.45.